The van der Waals surface area contributed by atoms with Crippen LogP contribution in [0.2, 0.25) is 0 Å². The molecule has 98 valence electrons. The highest BCUT2D eigenvalue weighted by molar-refractivity contribution is 5.73. The third kappa shape index (κ3) is 2.55. The largest absolute Gasteiger partial charge is 0.495 e. The van der Waals surface area contributed by atoms with Gasteiger partial charge in [-0.05, 0) is 12.1 Å². The molecule has 0 aliphatic carbocycles. The van der Waals surface area contributed by atoms with Crippen molar-refractivity contribution in [3.05, 3.63) is 24.0 Å². The summed E-state index contributed by atoms with van der Waals surface area (Å²) in [6.07, 6.45) is 0. The molecule has 1 saturated heterocycles. The van der Waals surface area contributed by atoms with Gasteiger partial charge in [0.15, 0.2) is 0 Å². The maximum absolute atomic E-state index is 13.3. The van der Waals surface area contributed by atoms with Crippen LogP contribution in [0.4, 0.5) is 10.1 Å². The summed E-state index contributed by atoms with van der Waals surface area (Å²) in [5.41, 5.74) is 0.751. The quantitative estimate of drug-likeness (QED) is 0.799. The van der Waals surface area contributed by atoms with Crippen molar-refractivity contribution in [2.45, 2.75) is 6.92 Å². The molecule has 1 fully saturated rings. The van der Waals surface area contributed by atoms with Gasteiger partial charge in [-0.25, -0.2) is 4.39 Å². The van der Waals surface area contributed by atoms with Crippen molar-refractivity contribution in [2.75, 3.05) is 38.2 Å². The van der Waals surface area contributed by atoms with Gasteiger partial charge in [-0.1, -0.05) is 0 Å². The lowest BCUT2D eigenvalue weighted by atomic mass is 10.2. The molecule has 1 aliphatic heterocycles. The summed E-state index contributed by atoms with van der Waals surface area (Å²) >= 11 is 0. The average molecular weight is 252 g/mol. The van der Waals surface area contributed by atoms with Crippen LogP contribution in [-0.4, -0.2) is 44.1 Å². The first kappa shape index (κ1) is 12.7. The number of methoxy groups -OCH3 is 1. The zero-order chi connectivity index (χ0) is 13.1. The van der Waals surface area contributed by atoms with Crippen molar-refractivity contribution < 1.29 is 13.9 Å². The second-order valence-electron chi connectivity index (χ2n) is 4.31. The summed E-state index contributed by atoms with van der Waals surface area (Å²) in [7, 11) is 1.57. The molecule has 18 heavy (non-hydrogen) atoms. The molecular formula is C13H17FN2O2. The first-order chi connectivity index (χ1) is 8.61. The molecule has 2 rings (SSSR count). The zero-order valence-electron chi connectivity index (χ0n) is 10.6. The van der Waals surface area contributed by atoms with Gasteiger partial charge in [0.2, 0.25) is 5.91 Å². The molecule has 1 amide bonds. The molecule has 0 spiro atoms. The van der Waals surface area contributed by atoms with E-state index < -0.39 is 0 Å². The summed E-state index contributed by atoms with van der Waals surface area (Å²) in [4.78, 5) is 15.1. The molecule has 1 heterocycles. The molecule has 0 bridgehead atoms. The van der Waals surface area contributed by atoms with E-state index in [1.54, 1.807) is 25.0 Å². The fraction of sp³-hybridized carbons (Fsp3) is 0.462. The Morgan fingerprint density at radius 2 is 1.94 bits per heavy atom. The molecule has 0 N–H and O–H groups in total. The zero-order valence-corrected chi connectivity index (χ0v) is 10.6. The van der Waals surface area contributed by atoms with E-state index in [0.29, 0.717) is 31.9 Å². The first-order valence-corrected chi connectivity index (χ1v) is 5.96. The highest BCUT2D eigenvalue weighted by Gasteiger charge is 2.21. The van der Waals surface area contributed by atoms with Gasteiger partial charge in [-0.3, -0.25) is 4.79 Å². The Kier molecular flexibility index (Phi) is 3.69. The van der Waals surface area contributed by atoms with Gasteiger partial charge in [0, 0.05) is 39.2 Å². The summed E-state index contributed by atoms with van der Waals surface area (Å²) in [6.45, 7) is 4.28. The van der Waals surface area contributed by atoms with E-state index in [1.807, 2.05) is 4.90 Å². The molecule has 0 aromatic heterocycles. The van der Waals surface area contributed by atoms with Crippen LogP contribution in [0, 0.1) is 5.82 Å². The smallest absolute Gasteiger partial charge is 0.219 e. The lowest BCUT2D eigenvalue weighted by Gasteiger charge is -2.36. The molecule has 4 nitrogen and oxygen atoms in total. The Balaban J connectivity index is 2.14. The van der Waals surface area contributed by atoms with Crippen LogP contribution in [0.15, 0.2) is 18.2 Å². The van der Waals surface area contributed by atoms with E-state index in [1.165, 1.54) is 12.1 Å². The fourth-order valence-corrected chi connectivity index (χ4v) is 2.17. The number of carbonyl (C=O) groups is 1. The predicted molar refractivity (Wildman–Crippen MR) is 67.4 cm³/mol. The van der Waals surface area contributed by atoms with E-state index in [9.17, 15) is 9.18 Å². The molecule has 1 aromatic carbocycles. The van der Waals surface area contributed by atoms with E-state index in [2.05, 4.69) is 0 Å². The molecule has 0 saturated carbocycles. The summed E-state index contributed by atoms with van der Waals surface area (Å²) in [5.74, 6) is 0.466. The summed E-state index contributed by atoms with van der Waals surface area (Å²) in [6, 6.07) is 4.48. The summed E-state index contributed by atoms with van der Waals surface area (Å²) in [5, 5.41) is 0. The molecule has 1 aromatic rings. The van der Waals surface area contributed by atoms with Gasteiger partial charge in [0.25, 0.3) is 0 Å². The third-order valence-corrected chi connectivity index (χ3v) is 3.21. The predicted octanol–water partition coefficient (Wildman–Crippen LogP) is 1.50. The number of hydrogen-bond donors (Lipinski definition) is 0. The Labute approximate surface area is 106 Å². The number of carbonyl (C=O) groups excluding carboxylic acids is 1. The molecule has 0 radical (unpaired) electrons. The Morgan fingerprint density at radius 1 is 1.28 bits per heavy atom. The van der Waals surface area contributed by atoms with Gasteiger partial charge in [0.05, 0.1) is 12.8 Å². The Hall–Kier alpha value is -1.78. The van der Waals surface area contributed by atoms with E-state index in [-0.39, 0.29) is 11.7 Å². The van der Waals surface area contributed by atoms with Gasteiger partial charge < -0.3 is 14.5 Å². The van der Waals surface area contributed by atoms with Gasteiger partial charge >= 0.3 is 0 Å². The molecule has 1 aliphatic rings. The third-order valence-electron chi connectivity index (χ3n) is 3.21. The number of piperazine rings is 1. The molecule has 0 unspecified atom stereocenters. The van der Waals surface area contributed by atoms with Crippen LogP contribution in [0.1, 0.15) is 6.92 Å². The number of amides is 1. The highest BCUT2D eigenvalue weighted by Crippen LogP contribution is 2.29. The second-order valence-corrected chi connectivity index (χ2v) is 4.31. The van der Waals surface area contributed by atoms with Crippen molar-refractivity contribution in [3.8, 4) is 5.75 Å². The number of anilines is 1. The number of nitrogens with zero attached hydrogens (tertiary/aromatic N) is 2. The summed E-state index contributed by atoms with van der Waals surface area (Å²) < 4.78 is 18.5. The van der Waals surface area contributed by atoms with Gasteiger partial charge in [-0.15, -0.1) is 0 Å². The molecule has 5 heteroatoms. The van der Waals surface area contributed by atoms with Crippen molar-refractivity contribution in [2.24, 2.45) is 0 Å². The number of hydrogen-bond acceptors (Lipinski definition) is 3. The topological polar surface area (TPSA) is 32.8 Å². The highest BCUT2D eigenvalue weighted by atomic mass is 19.1. The molecule has 0 atom stereocenters. The normalized spacial score (nSPS) is 15.7. The first-order valence-electron chi connectivity index (χ1n) is 5.96. The number of benzene rings is 1. The van der Waals surface area contributed by atoms with Crippen LogP contribution in [-0.2, 0) is 4.79 Å². The number of ether oxygens (including phenoxy) is 1. The Morgan fingerprint density at radius 3 is 2.50 bits per heavy atom. The van der Waals surface area contributed by atoms with Crippen LogP contribution in [0.3, 0.4) is 0 Å². The van der Waals surface area contributed by atoms with Crippen molar-refractivity contribution in [3.63, 3.8) is 0 Å². The van der Waals surface area contributed by atoms with E-state index in [4.69, 9.17) is 4.74 Å². The van der Waals surface area contributed by atoms with Crippen LogP contribution < -0.4 is 9.64 Å². The van der Waals surface area contributed by atoms with Crippen LogP contribution in [0.25, 0.3) is 0 Å². The van der Waals surface area contributed by atoms with Gasteiger partial charge in [-0.2, -0.15) is 0 Å². The van der Waals surface area contributed by atoms with Crippen molar-refractivity contribution in [1.29, 1.82) is 0 Å². The average Bonchev–Trinajstić information content (AvgIpc) is 2.39. The van der Waals surface area contributed by atoms with Crippen molar-refractivity contribution in [1.82, 2.24) is 4.90 Å². The Bertz CT molecular complexity index is 443. The van der Waals surface area contributed by atoms with Crippen molar-refractivity contribution >= 4 is 11.6 Å². The van der Waals surface area contributed by atoms with Crippen LogP contribution in [0.5, 0.6) is 5.75 Å². The van der Waals surface area contributed by atoms with E-state index in [0.717, 1.165) is 5.69 Å². The maximum Gasteiger partial charge on any atom is 0.219 e. The second kappa shape index (κ2) is 5.25. The van der Waals surface area contributed by atoms with E-state index >= 15 is 0 Å². The lowest BCUT2D eigenvalue weighted by molar-refractivity contribution is -0.129. The minimum absolute atomic E-state index is 0.0841. The van der Waals surface area contributed by atoms with Gasteiger partial charge in [0.1, 0.15) is 11.6 Å². The maximum atomic E-state index is 13.3. The lowest BCUT2D eigenvalue weighted by Crippen LogP contribution is -2.48. The fourth-order valence-electron chi connectivity index (χ4n) is 2.17. The van der Waals surface area contributed by atoms with Crippen LogP contribution >= 0.6 is 0 Å². The number of rotatable bonds is 2. The minimum Gasteiger partial charge on any atom is -0.495 e. The minimum atomic E-state index is -0.278. The standard InChI is InChI=1S/C13H17FN2O2/c1-10(17)15-5-7-16(8-6-15)12-9-11(14)3-4-13(12)18-2/h3-4,9H,5-8H2,1-2H3. The monoisotopic (exact) mass is 252 g/mol. The number of halogens is 1. The molecular weight excluding hydrogens is 235 g/mol. The SMILES string of the molecule is COc1ccc(F)cc1N1CCN(C(C)=O)CC1.